The molecular formula is C18H19ClN3+. The van der Waals surface area contributed by atoms with Gasteiger partial charge < -0.3 is 0 Å². The van der Waals surface area contributed by atoms with Crippen molar-refractivity contribution in [3.63, 3.8) is 0 Å². The van der Waals surface area contributed by atoms with Crippen LogP contribution in [0.3, 0.4) is 0 Å². The van der Waals surface area contributed by atoms with E-state index in [0.717, 1.165) is 23.0 Å². The maximum absolute atomic E-state index is 6.36. The lowest BCUT2D eigenvalue weighted by Crippen LogP contribution is -2.29. The molecule has 0 radical (unpaired) electrons. The second-order valence-corrected chi connectivity index (χ2v) is 6.04. The molecule has 0 amide bonds. The van der Waals surface area contributed by atoms with Gasteiger partial charge in [0.25, 0.3) is 12.2 Å². The summed E-state index contributed by atoms with van der Waals surface area (Å²) in [6.07, 6.45) is 1.82. The standard InChI is InChI=1S/C18H19ClN3/c1-13-8-9-15(14(2)10-13)11-22-18(21(3)12-20-22)16-6-4-5-7-17(16)19/h4-10,12H,11H2,1-3H3/q+1. The summed E-state index contributed by atoms with van der Waals surface area (Å²) in [4.78, 5) is 0. The molecule has 0 atom stereocenters. The van der Waals surface area contributed by atoms with Crippen LogP contribution in [0.15, 0.2) is 48.8 Å². The Balaban J connectivity index is 2.05. The highest BCUT2D eigenvalue weighted by Crippen LogP contribution is 2.25. The van der Waals surface area contributed by atoms with Gasteiger partial charge in [0, 0.05) is 5.10 Å². The van der Waals surface area contributed by atoms with Crippen LogP contribution in [0, 0.1) is 13.8 Å². The fourth-order valence-electron chi connectivity index (χ4n) is 2.70. The molecule has 0 saturated heterocycles. The van der Waals surface area contributed by atoms with Gasteiger partial charge in [-0.25, -0.2) is 4.57 Å². The Bertz CT molecular complexity index is 821. The topological polar surface area (TPSA) is 21.7 Å². The molecule has 0 aliphatic rings. The summed E-state index contributed by atoms with van der Waals surface area (Å²) in [6.45, 7) is 4.98. The molecule has 0 bridgehead atoms. The summed E-state index contributed by atoms with van der Waals surface area (Å²) >= 11 is 6.36. The third-order valence-corrected chi connectivity index (χ3v) is 4.21. The summed E-state index contributed by atoms with van der Waals surface area (Å²) in [6, 6.07) is 14.4. The minimum Gasteiger partial charge on any atom is -0.233 e. The van der Waals surface area contributed by atoms with E-state index in [1.807, 2.05) is 46.9 Å². The third kappa shape index (κ3) is 2.77. The lowest BCUT2D eigenvalue weighted by molar-refractivity contribution is -0.661. The quantitative estimate of drug-likeness (QED) is 0.676. The van der Waals surface area contributed by atoms with Crippen molar-refractivity contribution in [1.82, 2.24) is 9.78 Å². The molecule has 0 spiro atoms. The monoisotopic (exact) mass is 312 g/mol. The van der Waals surface area contributed by atoms with E-state index in [-0.39, 0.29) is 0 Å². The van der Waals surface area contributed by atoms with Gasteiger partial charge in [0.2, 0.25) is 0 Å². The largest absolute Gasteiger partial charge is 0.269 e. The van der Waals surface area contributed by atoms with Crippen LogP contribution in [0.1, 0.15) is 16.7 Å². The molecular weight excluding hydrogens is 294 g/mol. The molecule has 1 aromatic heterocycles. The van der Waals surface area contributed by atoms with E-state index in [9.17, 15) is 0 Å². The lowest BCUT2D eigenvalue weighted by Gasteiger charge is -2.07. The second kappa shape index (κ2) is 5.93. The Morgan fingerprint density at radius 2 is 1.91 bits per heavy atom. The number of aryl methyl sites for hydroxylation is 3. The maximum atomic E-state index is 6.36. The van der Waals surface area contributed by atoms with Crippen LogP contribution < -0.4 is 4.57 Å². The molecule has 0 N–H and O–H groups in total. The van der Waals surface area contributed by atoms with E-state index in [0.29, 0.717) is 0 Å². The molecule has 3 aromatic rings. The van der Waals surface area contributed by atoms with E-state index in [2.05, 4.69) is 37.1 Å². The van der Waals surface area contributed by atoms with Crippen molar-refractivity contribution in [2.45, 2.75) is 20.4 Å². The van der Waals surface area contributed by atoms with Gasteiger partial charge in [0.15, 0.2) is 0 Å². The molecule has 0 saturated carbocycles. The smallest absolute Gasteiger partial charge is 0.233 e. The van der Waals surface area contributed by atoms with Crippen LogP contribution in [0.4, 0.5) is 0 Å². The lowest BCUT2D eigenvalue weighted by atomic mass is 10.1. The van der Waals surface area contributed by atoms with Gasteiger partial charge in [-0.2, -0.15) is 0 Å². The molecule has 4 heteroatoms. The molecule has 0 fully saturated rings. The van der Waals surface area contributed by atoms with Crippen molar-refractivity contribution in [3.8, 4) is 11.4 Å². The summed E-state index contributed by atoms with van der Waals surface area (Å²) in [5.74, 6) is 1.01. The van der Waals surface area contributed by atoms with Gasteiger partial charge in [0.05, 0.1) is 17.6 Å². The van der Waals surface area contributed by atoms with Crippen LogP contribution in [0.25, 0.3) is 11.4 Å². The highest BCUT2D eigenvalue weighted by Gasteiger charge is 2.21. The fraction of sp³-hybridized carbons (Fsp3) is 0.222. The maximum Gasteiger partial charge on any atom is 0.269 e. The Kier molecular flexibility index (Phi) is 3.99. The molecule has 112 valence electrons. The molecule has 3 nitrogen and oxygen atoms in total. The SMILES string of the molecule is Cc1ccc(Cn2nc[n+](C)c2-c2ccccc2Cl)c(C)c1. The third-order valence-electron chi connectivity index (χ3n) is 3.88. The van der Waals surface area contributed by atoms with Crippen LogP contribution >= 0.6 is 11.6 Å². The Labute approximate surface area is 135 Å². The number of aromatic nitrogens is 3. The number of rotatable bonds is 3. The predicted molar refractivity (Wildman–Crippen MR) is 88.9 cm³/mol. The van der Waals surface area contributed by atoms with Gasteiger partial charge in [-0.3, -0.25) is 0 Å². The van der Waals surface area contributed by atoms with E-state index in [1.165, 1.54) is 16.7 Å². The highest BCUT2D eigenvalue weighted by molar-refractivity contribution is 6.33. The summed E-state index contributed by atoms with van der Waals surface area (Å²) in [7, 11) is 1.99. The van der Waals surface area contributed by atoms with Crippen molar-refractivity contribution in [1.29, 1.82) is 0 Å². The Morgan fingerprint density at radius 3 is 2.64 bits per heavy atom. The van der Waals surface area contributed by atoms with Gasteiger partial charge in [0.1, 0.15) is 6.54 Å². The molecule has 3 rings (SSSR count). The van der Waals surface area contributed by atoms with Crippen molar-refractivity contribution < 1.29 is 4.57 Å². The first-order chi connectivity index (χ1) is 10.6. The summed E-state index contributed by atoms with van der Waals surface area (Å²) in [5, 5.41) is 5.25. The molecule has 22 heavy (non-hydrogen) atoms. The minimum atomic E-state index is 0.730. The van der Waals surface area contributed by atoms with Crippen molar-refractivity contribution in [3.05, 3.63) is 70.5 Å². The first-order valence-corrected chi connectivity index (χ1v) is 7.66. The van der Waals surface area contributed by atoms with Gasteiger partial charge in [-0.05, 0) is 37.1 Å². The van der Waals surface area contributed by atoms with E-state index >= 15 is 0 Å². The zero-order valence-electron chi connectivity index (χ0n) is 13.0. The predicted octanol–water partition coefficient (Wildman–Crippen LogP) is 3.69. The highest BCUT2D eigenvalue weighted by atomic mass is 35.5. The van der Waals surface area contributed by atoms with E-state index in [4.69, 9.17) is 11.6 Å². The number of nitrogens with zero attached hydrogens (tertiary/aromatic N) is 3. The fourth-order valence-corrected chi connectivity index (χ4v) is 2.92. The molecule has 2 aromatic carbocycles. The van der Waals surface area contributed by atoms with Crippen molar-refractivity contribution >= 4 is 11.6 Å². The number of hydrogen-bond donors (Lipinski definition) is 0. The molecule has 0 aliphatic heterocycles. The van der Waals surface area contributed by atoms with Crippen molar-refractivity contribution in [2.75, 3.05) is 0 Å². The second-order valence-electron chi connectivity index (χ2n) is 5.63. The van der Waals surface area contributed by atoms with Crippen LogP contribution in [-0.2, 0) is 13.6 Å². The Morgan fingerprint density at radius 1 is 1.14 bits per heavy atom. The zero-order chi connectivity index (χ0) is 15.7. The molecule has 0 unspecified atom stereocenters. The van der Waals surface area contributed by atoms with Crippen LogP contribution in [0.5, 0.6) is 0 Å². The molecule has 1 heterocycles. The summed E-state index contributed by atoms with van der Waals surface area (Å²) in [5.41, 5.74) is 4.82. The normalized spacial score (nSPS) is 10.9. The Hall–Kier alpha value is -2.13. The van der Waals surface area contributed by atoms with Crippen LogP contribution in [-0.4, -0.2) is 9.78 Å². The minimum absolute atomic E-state index is 0.730. The first-order valence-electron chi connectivity index (χ1n) is 7.28. The van der Waals surface area contributed by atoms with E-state index in [1.54, 1.807) is 0 Å². The molecule has 0 aliphatic carbocycles. The number of hydrogen-bond acceptors (Lipinski definition) is 1. The number of halogens is 1. The van der Waals surface area contributed by atoms with Crippen molar-refractivity contribution in [2.24, 2.45) is 7.05 Å². The zero-order valence-corrected chi connectivity index (χ0v) is 13.8. The van der Waals surface area contributed by atoms with Crippen LogP contribution in [0.2, 0.25) is 5.02 Å². The average Bonchev–Trinajstić information content (AvgIpc) is 2.83. The number of benzene rings is 2. The average molecular weight is 313 g/mol. The van der Waals surface area contributed by atoms with E-state index < -0.39 is 0 Å². The van der Waals surface area contributed by atoms with Gasteiger partial charge in [-0.15, -0.1) is 4.68 Å². The van der Waals surface area contributed by atoms with Gasteiger partial charge in [-0.1, -0.05) is 47.5 Å². The van der Waals surface area contributed by atoms with Gasteiger partial charge >= 0.3 is 0 Å². The first kappa shape index (κ1) is 14.8. The summed E-state index contributed by atoms with van der Waals surface area (Å²) < 4.78 is 4.00.